The van der Waals surface area contributed by atoms with Crippen molar-refractivity contribution < 1.29 is 19.4 Å². The second-order valence-corrected chi connectivity index (χ2v) is 6.12. The minimum Gasteiger partial charge on any atom is -0.478 e. The Balaban J connectivity index is 1.86. The van der Waals surface area contributed by atoms with Crippen molar-refractivity contribution in [3.05, 3.63) is 29.8 Å². The van der Waals surface area contributed by atoms with E-state index in [1.165, 1.54) is 0 Å². The molecule has 0 bridgehead atoms. The van der Waals surface area contributed by atoms with Gasteiger partial charge in [-0.3, -0.25) is 4.79 Å². The van der Waals surface area contributed by atoms with Gasteiger partial charge in [-0.1, -0.05) is 0 Å². The summed E-state index contributed by atoms with van der Waals surface area (Å²) in [5.74, 6) is -0.664. The molecule has 2 heterocycles. The van der Waals surface area contributed by atoms with E-state index in [9.17, 15) is 14.7 Å². The fourth-order valence-electron chi connectivity index (χ4n) is 3.17. The van der Waals surface area contributed by atoms with Crippen LogP contribution in [0.25, 0.3) is 10.9 Å². The zero-order valence-corrected chi connectivity index (χ0v) is 14.1. The van der Waals surface area contributed by atoms with Crippen LogP contribution in [0.2, 0.25) is 0 Å². The highest BCUT2D eigenvalue weighted by Gasteiger charge is 2.27. The van der Waals surface area contributed by atoms with Crippen LogP contribution < -0.4 is 10.6 Å². The highest BCUT2D eigenvalue weighted by Crippen LogP contribution is 2.28. The maximum Gasteiger partial charge on any atom is 0.336 e. The van der Waals surface area contributed by atoms with Crippen molar-refractivity contribution in [1.82, 2.24) is 4.98 Å². The van der Waals surface area contributed by atoms with Gasteiger partial charge < -0.3 is 20.5 Å². The van der Waals surface area contributed by atoms with E-state index < -0.39 is 5.97 Å². The summed E-state index contributed by atoms with van der Waals surface area (Å²) in [6.07, 6.45) is 1.34. The summed E-state index contributed by atoms with van der Waals surface area (Å²) in [6.45, 7) is 3.45. The van der Waals surface area contributed by atoms with Gasteiger partial charge in [0.2, 0.25) is 0 Å². The Labute approximate surface area is 145 Å². The molecular formula is C18H21N3O4. The summed E-state index contributed by atoms with van der Waals surface area (Å²) in [7, 11) is 0. The van der Waals surface area contributed by atoms with Crippen molar-refractivity contribution >= 4 is 34.3 Å². The van der Waals surface area contributed by atoms with Gasteiger partial charge in [0.05, 0.1) is 23.6 Å². The third-order valence-electron chi connectivity index (χ3n) is 4.49. The first-order valence-electron chi connectivity index (χ1n) is 8.34. The summed E-state index contributed by atoms with van der Waals surface area (Å²) in [6, 6.07) is 6.64. The van der Waals surface area contributed by atoms with Crippen LogP contribution in [-0.2, 0) is 9.53 Å². The molecule has 1 saturated heterocycles. The Morgan fingerprint density at radius 1 is 1.32 bits per heavy atom. The number of carbonyl (C=O) groups is 2. The van der Waals surface area contributed by atoms with Crippen molar-refractivity contribution in [2.75, 3.05) is 30.3 Å². The van der Waals surface area contributed by atoms with E-state index >= 15 is 0 Å². The topological polar surface area (TPSA) is 106 Å². The zero-order chi connectivity index (χ0) is 18.0. The molecule has 1 aromatic carbocycles. The van der Waals surface area contributed by atoms with Crippen molar-refractivity contribution in [2.45, 2.75) is 19.8 Å². The van der Waals surface area contributed by atoms with Gasteiger partial charge in [0.25, 0.3) is 0 Å². The minimum atomic E-state index is -1.01. The van der Waals surface area contributed by atoms with E-state index in [2.05, 4.69) is 4.98 Å². The number of nitrogen functional groups attached to an aromatic ring is 1. The van der Waals surface area contributed by atoms with Gasteiger partial charge in [-0.05, 0) is 44.0 Å². The largest absolute Gasteiger partial charge is 0.478 e. The molecule has 1 aromatic heterocycles. The van der Waals surface area contributed by atoms with Crippen molar-refractivity contribution in [3.63, 3.8) is 0 Å². The van der Waals surface area contributed by atoms with E-state index in [1.807, 2.05) is 4.90 Å². The zero-order valence-electron chi connectivity index (χ0n) is 14.1. The van der Waals surface area contributed by atoms with Crippen LogP contribution >= 0.6 is 0 Å². The molecule has 0 radical (unpaired) electrons. The number of pyridine rings is 1. The predicted octanol–water partition coefficient (Wildman–Crippen LogP) is 2.29. The van der Waals surface area contributed by atoms with Crippen LogP contribution in [0.5, 0.6) is 0 Å². The molecule has 0 aliphatic carbocycles. The fourth-order valence-corrected chi connectivity index (χ4v) is 3.17. The number of rotatable bonds is 4. The lowest BCUT2D eigenvalue weighted by Crippen LogP contribution is -2.37. The van der Waals surface area contributed by atoms with E-state index in [0.717, 1.165) is 0 Å². The summed E-state index contributed by atoms with van der Waals surface area (Å²) in [5.41, 5.74) is 7.04. The van der Waals surface area contributed by atoms with Crippen LogP contribution in [-0.4, -0.2) is 41.7 Å². The molecule has 7 heteroatoms. The van der Waals surface area contributed by atoms with Crippen LogP contribution in [0, 0.1) is 5.92 Å². The number of benzene rings is 1. The molecule has 0 atom stereocenters. The summed E-state index contributed by atoms with van der Waals surface area (Å²) >= 11 is 0. The third kappa shape index (κ3) is 3.50. The van der Waals surface area contributed by atoms with Gasteiger partial charge in [0.15, 0.2) is 0 Å². The van der Waals surface area contributed by atoms with E-state index in [-0.39, 0.29) is 17.5 Å². The first-order chi connectivity index (χ1) is 12.0. The Hall–Kier alpha value is -2.83. The molecular weight excluding hydrogens is 322 g/mol. The quantitative estimate of drug-likeness (QED) is 0.648. The number of esters is 1. The Morgan fingerprint density at radius 3 is 2.68 bits per heavy atom. The molecule has 132 valence electrons. The fraction of sp³-hybridized carbons (Fsp3) is 0.389. The average Bonchev–Trinajstić information content (AvgIpc) is 2.61. The van der Waals surface area contributed by atoms with E-state index in [0.29, 0.717) is 54.9 Å². The number of aromatic nitrogens is 1. The standard InChI is InChI=1S/C18H21N3O4/c1-2-25-18(24)11-5-7-21(8-6-11)16-10-14(17(22)23)13-9-12(19)3-4-15(13)20-16/h3-4,9-11H,2,5-8,19H2,1H3,(H,22,23). The summed E-state index contributed by atoms with van der Waals surface area (Å²) < 4.78 is 5.08. The third-order valence-corrected chi connectivity index (χ3v) is 4.49. The molecule has 25 heavy (non-hydrogen) atoms. The smallest absolute Gasteiger partial charge is 0.336 e. The number of anilines is 2. The molecule has 1 aliphatic heterocycles. The molecule has 0 spiro atoms. The van der Waals surface area contributed by atoms with Gasteiger partial charge in [-0.15, -0.1) is 0 Å². The molecule has 3 rings (SSSR count). The second-order valence-electron chi connectivity index (χ2n) is 6.12. The maximum atomic E-state index is 11.8. The highest BCUT2D eigenvalue weighted by molar-refractivity contribution is 6.04. The number of hydrogen-bond acceptors (Lipinski definition) is 6. The van der Waals surface area contributed by atoms with Gasteiger partial charge in [0.1, 0.15) is 5.82 Å². The van der Waals surface area contributed by atoms with Gasteiger partial charge in [-0.2, -0.15) is 0 Å². The Morgan fingerprint density at radius 2 is 2.04 bits per heavy atom. The SMILES string of the molecule is CCOC(=O)C1CCN(c2cc(C(=O)O)c3cc(N)ccc3n2)CC1. The van der Waals surface area contributed by atoms with Crippen LogP contribution in [0.4, 0.5) is 11.5 Å². The minimum absolute atomic E-state index is 0.101. The number of ether oxygens (including phenoxy) is 1. The predicted molar refractivity (Wildman–Crippen MR) is 94.7 cm³/mol. The highest BCUT2D eigenvalue weighted by atomic mass is 16.5. The molecule has 2 aromatic rings. The Kier molecular flexibility index (Phi) is 4.74. The molecule has 0 unspecified atom stereocenters. The summed E-state index contributed by atoms with van der Waals surface area (Å²) in [5, 5.41) is 10.0. The maximum absolute atomic E-state index is 11.8. The van der Waals surface area contributed by atoms with Crippen molar-refractivity contribution in [2.24, 2.45) is 5.92 Å². The molecule has 1 fully saturated rings. The van der Waals surface area contributed by atoms with Crippen LogP contribution in [0.1, 0.15) is 30.1 Å². The number of hydrogen-bond donors (Lipinski definition) is 2. The molecule has 3 N–H and O–H groups in total. The first-order valence-corrected chi connectivity index (χ1v) is 8.34. The molecule has 0 saturated carbocycles. The number of nitrogens with two attached hydrogens (primary N) is 1. The second kappa shape index (κ2) is 6.96. The monoisotopic (exact) mass is 343 g/mol. The van der Waals surface area contributed by atoms with Gasteiger partial charge in [-0.25, -0.2) is 9.78 Å². The number of aromatic carboxylic acids is 1. The number of fused-ring (bicyclic) bond motifs is 1. The van der Waals surface area contributed by atoms with Gasteiger partial charge >= 0.3 is 11.9 Å². The van der Waals surface area contributed by atoms with Crippen LogP contribution in [0.15, 0.2) is 24.3 Å². The first kappa shape index (κ1) is 17.0. The number of piperidine rings is 1. The molecule has 0 amide bonds. The lowest BCUT2D eigenvalue weighted by molar-refractivity contribution is -0.148. The lowest BCUT2D eigenvalue weighted by atomic mass is 9.97. The number of carboxylic acid groups (broad SMARTS) is 1. The number of carboxylic acids is 1. The van der Waals surface area contributed by atoms with Gasteiger partial charge in [0, 0.05) is 24.2 Å². The van der Waals surface area contributed by atoms with Crippen molar-refractivity contribution in [3.8, 4) is 0 Å². The number of carbonyl (C=O) groups excluding carboxylic acids is 1. The van der Waals surface area contributed by atoms with Crippen molar-refractivity contribution in [1.29, 1.82) is 0 Å². The average molecular weight is 343 g/mol. The summed E-state index contributed by atoms with van der Waals surface area (Å²) in [4.78, 5) is 30.1. The van der Waals surface area contributed by atoms with Crippen LogP contribution in [0.3, 0.4) is 0 Å². The van der Waals surface area contributed by atoms with E-state index in [4.69, 9.17) is 10.5 Å². The molecule has 7 nitrogen and oxygen atoms in total. The lowest BCUT2D eigenvalue weighted by Gasteiger charge is -2.32. The Bertz CT molecular complexity index is 813. The molecule has 1 aliphatic rings. The number of nitrogens with zero attached hydrogens (tertiary/aromatic N) is 2. The van der Waals surface area contributed by atoms with E-state index in [1.54, 1.807) is 31.2 Å². The normalized spacial score (nSPS) is 15.3.